The first-order valence-corrected chi connectivity index (χ1v) is 4.29. The lowest BCUT2D eigenvalue weighted by atomic mass is 10.2. The fourth-order valence-electron chi connectivity index (χ4n) is 1.19. The Morgan fingerprint density at radius 3 is 2.85 bits per heavy atom. The van der Waals surface area contributed by atoms with E-state index in [-0.39, 0.29) is 0 Å². The molecule has 2 N–H and O–H groups in total. The molecular formula is C9H12N4. The largest absolute Gasteiger partial charge is 0.396 e. The van der Waals surface area contributed by atoms with Gasteiger partial charge in [0.2, 0.25) is 0 Å². The number of fused-ring (bicyclic) bond motifs is 1. The SMILES string of the molecule is CC(C)c1nc2c(N)cccn2n1. The molecule has 13 heavy (non-hydrogen) atoms. The molecule has 0 unspecified atom stereocenters. The lowest BCUT2D eigenvalue weighted by Crippen LogP contribution is -1.92. The first-order valence-electron chi connectivity index (χ1n) is 4.29. The fourth-order valence-corrected chi connectivity index (χ4v) is 1.19. The Kier molecular flexibility index (Phi) is 1.69. The summed E-state index contributed by atoms with van der Waals surface area (Å²) in [5.41, 5.74) is 7.16. The first-order chi connectivity index (χ1) is 6.18. The lowest BCUT2D eigenvalue weighted by Gasteiger charge is -1.92. The lowest BCUT2D eigenvalue weighted by molar-refractivity contribution is 0.765. The van der Waals surface area contributed by atoms with Crippen molar-refractivity contribution >= 4 is 11.3 Å². The number of nitrogen functional groups attached to an aromatic ring is 1. The van der Waals surface area contributed by atoms with Crippen LogP contribution >= 0.6 is 0 Å². The summed E-state index contributed by atoms with van der Waals surface area (Å²) in [6.07, 6.45) is 1.85. The van der Waals surface area contributed by atoms with Gasteiger partial charge in [-0.2, -0.15) is 5.10 Å². The predicted octanol–water partition coefficient (Wildman–Crippen LogP) is 1.43. The highest BCUT2D eigenvalue weighted by Crippen LogP contribution is 2.14. The molecule has 0 spiro atoms. The second-order valence-corrected chi connectivity index (χ2v) is 3.36. The van der Waals surface area contributed by atoms with Gasteiger partial charge in [0.05, 0.1) is 5.69 Å². The highest BCUT2D eigenvalue weighted by molar-refractivity contribution is 5.63. The number of nitrogens with two attached hydrogens (primary N) is 1. The van der Waals surface area contributed by atoms with Crippen LogP contribution in [0.4, 0.5) is 5.69 Å². The molecule has 0 bridgehead atoms. The number of rotatable bonds is 1. The number of hydrogen-bond donors (Lipinski definition) is 1. The highest BCUT2D eigenvalue weighted by Gasteiger charge is 2.08. The third-order valence-corrected chi connectivity index (χ3v) is 1.93. The van der Waals surface area contributed by atoms with Gasteiger partial charge >= 0.3 is 0 Å². The summed E-state index contributed by atoms with van der Waals surface area (Å²) >= 11 is 0. The van der Waals surface area contributed by atoms with Crippen LogP contribution in [0.2, 0.25) is 0 Å². The summed E-state index contributed by atoms with van der Waals surface area (Å²) in [4.78, 5) is 4.34. The average molecular weight is 176 g/mol. The number of aromatic nitrogens is 3. The van der Waals surface area contributed by atoms with E-state index in [1.807, 2.05) is 18.3 Å². The van der Waals surface area contributed by atoms with Gasteiger partial charge in [-0.15, -0.1) is 0 Å². The molecule has 0 amide bonds. The third kappa shape index (κ3) is 1.24. The van der Waals surface area contributed by atoms with Crippen molar-refractivity contribution in [3.8, 4) is 0 Å². The van der Waals surface area contributed by atoms with Gasteiger partial charge in [-0.3, -0.25) is 0 Å². The van der Waals surface area contributed by atoms with E-state index in [1.54, 1.807) is 4.52 Å². The Hall–Kier alpha value is -1.58. The van der Waals surface area contributed by atoms with Crippen molar-refractivity contribution in [1.82, 2.24) is 14.6 Å². The van der Waals surface area contributed by atoms with Gasteiger partial charge in [-0.05, 0) is 12.1 Å². The van der Waals surface area contributed by atoms with E-state index in [2.05, 4.69) is 23.9 Å². The van der Waals surface area contributed by atoms with Crippen molar-refractivity contribution < 1.29 is 0 Å². The topological polar surface area (TPSA) is 56.2 Å². The van der Waals surface area contributed by atoms with Crippen LogP contribution in [0, 0.1) is 0 Å². The third-order valence-electron chi connectivity index (χ3n) is 1.93. The molecule has 2 rings (SSSR count). The fraction of sp³-hybridized carbons (Fsp3) is 0.333. The second-order valence-electron chi connectivity index (χ2n) is 3.36. The zero-order chi connectivity index (χ0) is 9.42. The number of anilines is 1. The molecule has 0 aliphatic rings. The van der Waals surface area contributed by atoms with Crippen LogP contribution in [0.1, 0.15) is 25.6 Å². The smallest absolute Gasteiger partial charge is 0.178 e. The monoisotopic (exact) mass is 176 g/mol. The van der Waals surface area contributed by atoms with Crippen molar-refractivity contribution in [1.29, 1.82) is 0 Å². The van der Waals surface area contributed by atoms with Gasteiger partial charge in [0.25, 0.3) is 0 Å². The number of nitrogens with zero attached hydrogens (tertiary/aromatic N) is 3. The van der Waals surface area contributed by atoms with Gasteiger partial charge in [0.1, 0.15) is 0 Å². The summed E-state index contributed by atoms with van der Waals surface area (Å²) < 4.78 is 1.71. The van der Waals surface area contributed by atoms with E-state index in [9.17, 15) is 0 Å². The summed E-state index contributed by atoms with van der Waals surface area (Å²) in [5.74, 6) is 1.16. The normalized spacial score (nSPS) is 11.3. The molecule has 0 atom stereocenters. The van der Waals surface area contributed by atoms with E-state index in [0.717, 1.165) is 11.5 Å². The minimum Gasteiger partial charge on any atom is -0.396 e. The van der Waals surface area contributed by atoms with Crippen molar-refractivity contribution in [3.63, 3.8) is 0 Å². The number of hydrogen-bond acceptors (Lipinski definition) is 3. The molecule has 0 aliphatic heterocycles. The molecule has 4 nitrogen and oxygen atoms in total. The first kappa shape index (κ1) is 8.04. The molecule has 2 aromatic rings. The Morgan fingerprint density at radius 1 is 1.46 bits per heavy atom. The molecule has 0 saturated carbocycles. The molecule has 0 saturated heterocycles. The van der Waals surface area contributed by atoms with Crippen molar-refractivity contribution in [2.75, 3.05) is 5.73 Å². The summed E-state index contributed by atoms with van der Waals surface area (Å²) in [6, 6.07) is 3.69. The summed E-state index contributed by atoms with van der Waals surface area (Å²) in [7, 11) is 0. The van der Waals surface area contributed by atoms with E-state index in [0.29, 0.717) is 11.6 Å². The second kappa shape index (κ2) is 2.73. The Bertz CT molecular complexity index is 430. The van der Waals surface area contributed by atoms with Gasteiger partial charge in [0, 0.05) is 12.1 Å². The molecule has 2 aromatic heterocycles. The zero-order valence-corrected chi connectivity index (χ0v) is 7.73. The molecule has 68 valence electrons. The summed E-state index contributed by atoms with van der Waals surface area (Å²) in [6.45, 7) is 4.12. The van der Waals surface area contributed by atoms with Crippen LogP contribution in [0.15, 0.2) is 18.3 Å². The van der Waals surface area contributed by atoms with Crippen LogP contribution in [0.5, 0.6) is 0 Å². The maximum absolute atomic E-state index is 5.75. The van der Waals surface area contributed by atoms with Crippen LogP contribution in [0.3, 0.4) is 0 Å². The molecule has 0 aliphatic carbocycles. The van der Waals surface area contributed by atoms with Crippen molar-refractivity contribution in [2.24, 2.45) is 0 Å². The van der Waals surface area contributed by atoms with Crippen LogP contribution in [-0.2, 0) is 0 Å². The quantitative estimate of drug-likeness (QED) is 0.715. The van der Waals surface area contributed by atoms with Gasteiger partial charge < -0.3 is 5.73 Å². The van der Waals surface area contributed by atoms with Gasteiger partial charge in [-0.25, -0.2) is 9.50 Å². The van der Waals surface area contributed by atoms with Crippen LogP contribution < -0.4 is 5.73 Å². The average Bonchev–Trinajstić information content (AvgIpc) is 2.49. The standard InChI is InChI=1S/C9H12N4/c1-6(2)8-11-9-7(10)4-3-5-13(9)12-8/h3-6H,10H2,1-2H3. The zero-order valence-electron chi connectivity index (χ0n) is 7.73. The molecule has 0 fully saturated rings. The van der Waals surface area contributed by atoms with Crippen LogP contribution in [-0.4, -0.2) is 14.6 Å². The maximum Gasteiger partial charge on any atom is 0.178 e. The number of pyridine rings is 1. The molecule has 0 radical (unpaired) electrons. The Morgan fingerprint density at radius 2 is 2.23 bits per heavy atom. The van der Waals surface area contributed by atoms with Crippen molar-refractivity contribution in [3.05, 3.63) is 24.2 Å². The molecule has 2 heterocycles. The molecule has 0 aromatic carbocycles. The minimum atomic E-state index is 0.333. The molecule has 4 heteroatoms. The van der Waals surface area contributed by atoms with E-state index in [1.165, 1.54) is 0 Å². The Balaban J connectivity index is 2.68. The van der Waals surface area contributed by atoms with E-state index in [4.69, 9.17) is 5.73 Å². The summed E-state index contributed by atoms with van der Waals surface area (Å²) in [5, 5.41) is 4.30. The maximum atomic E-state index is 5.75. The molecular weight excluding hydrogens is 164 g/mol. The van der Waals surface area contributed by atoms with Gasteiger partial charge in [-0.1, -0.05) is 13.8 Å². The van der Waals surface area contributed by atoms with E-state index >= 15 is 0 Å². The minimum absolute atomic E-state index is 0.333. The predicted molar refractivity (Wildman–Crippen MR) is 51.5 cm³/mol. The van der Waals surface area contributed by atoms with Crippen molar-refractivity contribution in [2.45, 2.75) is 19.8 Å². The highest BCUT2D eigenvalue weighted by atomic mass is 15.3. The Labute approximate surface area is 76.4 Å². The van der Waals surface area contributed by atoms with E-state index < -0.39 is 0 Å². The van der Waals surface area contributed by atoms with Gasteiger partial charge in [0.15, 0.2) is 11.5 Å². The van der Waals surface area contributed by atoms with Crippen LogP contribution in [0.25, 0.3) is 5.65 Å².